The number of aliphatic carboxylic acids is 3. The van der Waals surface area contributed by atoms with Crippen LogP contribution < -0.4 is 15.3 Å². The minimum absolute atomic E-state index is 0. The molecule has 6 nitrogen and oxygen atoms in total. The van der Waals surface area contributed by atoms with Gasteiger partial charge in [-0.2, -0.15) is 0 Å². The number of rotatable bonds is 45. The first-order valence-electron chi connectivity index (χ1n) is 25.9. The topological polar surface area (TPSA) is 120 Å². The van der Waals surface area contributed by atoms with Crippen molar-refractivity contribution < 1.29 is 48.3 Å². The Balaban J connectivity index is -0.000000396. The molecule has 0 rings (SSSR count). The Kier molecular flexibility index (Phi) is 67.5. The number of hydrogen-bond donors (Lipinski definition) is 0. The molecule has 0 fully saturated rings. The average Bonchev–Trinajstić information content (AvgIpc) is 3.22. The summed E-state index contributed by atoms with van der Waals surface area (Å²) in [6.45, 7) is 6.77. The Bertz CT molecular complexity index is 827. The monoisotopic (exact) mass is 895 g/mol. The van der Waals surface area contributed by atoms with Crippen LogP contribution in [0.2, 0.25) is 0 Å². The van der Waals surface area contributed by atoms with Gasteiger partial charge in [-0.1, -0.05) is 211 Å². The predicted octanol–water partition coefficient (Wildman–Crippen LogP) is 14.3. The van der Waals surface area contributed by atoms with E-state index in [1.54, 1.807) is 0 Å². The maximum Gasteiger partial charge on any atom is 0.0414 e. The number of carbonyl (C=O) groups is 3. The second kappa shape index (κ2) is 62.5. The molecule has 0 aromatic rings. The molecule has 1 radical (unpaired) electrons. The van der Waals surface area contributed by atoms with Crippen molar-refractivity contribution in [3.05, 3.63) is 36.5 Å². The fourth-order valence-electron chi connectivity index (χ4n) is 7.02. The summed E-state index contributed by atoms with van der Waals surface area (Å²) in [5.74, 6) is -2.74. The summed E-state index contributed by atoms with van der Waals surface area (Å²) in [7, 11) is 0. The minimum atomic E-state index is -0.914. The average molecular weight is 895 g/mol. The molecule has 7 heteroatoms. The van der Waals surface area contributed by atoms with Gasteiger partial charge in [0.05, 0.1) is 0 Å². The van der Waals surface area contributed by atoms with Crippen LogP contribution in [0.1, 0.15) is 290 Å². The molecular formula is C54H99O6V-3. The van der Waals surface area contributed by atoms with Gasteiger partial charge in [-0.05, 0) is 116 Å². The molecule has 0 saturated carbocycles. The largest absolute Gasteiger partial charge is 0.550 e. The number of hydrogen-bond acceptors (Lipinski definition) is 6. The van der Waals surface area contributed by atoms with Crippen LogP contribution in [0.15, 0.2) is 36.5 Å². The number of carboxylic acids is 3. The van der Waals surface area contributed by atoms with Crippen molar-refractivity contribution in [2.24, 2.45) is 0 Å². The zero-order valence-electron chi connectivity index (χ0n) is 40.6. The molecule has 0 atom stereocenters. The number of allylic oxidation sites excluding steroid dienone is 6. The Labute approximate surface area is 391 Å². The molecule has 0 aromatic heterocycles. The van der Waals surface area contributed by atoms with E-state index in [1.165, 1.54) is 193 Å². The van der Waals surface area contributed by atoms with Crippen LogP contribution in [0.3, 0.4) is 0 Å². The van der Waals surface area contributed by atoms with Crippen molar-refractivity contribution in [3.63, 3.8) is 0 Å². The van der Waals surface area contributed by atoms with E-state index in [0.717, 1.165) is 57.8 Å². The summed E-state index contributed by atoms with van der Waals surface area (Å²) >= 11 is 0. The molecule has 0 aromatic carbocycles. The molecule has 0 aliphatic heterocycles. The molecule has 0 unspecified atom stereocenters. The van der Waals surface area contributed by atoms with Gasteiger partial charge in [-0.25, -0.2) is 0 Å². The Morgan fingerprint density at radius 1 is 0.262 bits per heavy atom. The van der Waals surface area contributed by atoms with Crippen LogP contribution in [-0.2, 0) is 32.9 Å². The van der Waals surface area contributed by atoms with Gasteiger partial charge in [0.25, 0.3) is 0 Å². The van der Waals surface area contributed by atoms with E-state index in [9.17, 15) is 29.7 Å². The molecule has 359 valence electrons. The molecule has 0 bridgehead atoms. The van der Waals surface area contributed by atoms with Gasteiger partial charge in [0.2, 0.25) is 0 Å². The standard InChI is InChI=1S/3C18H34O2.V/c3*1-2-3-4-5-6-7-8-9-10-11-12-13-14-15-16-17-18(19)20;/h3*9-10H,2-8,11-17H2,1H3,(H,19,20);/p-3/b3*10-9-;. The maximum atomic E-state index is 10.2. The molecule has 0 spiro atoms. The van der Waals surface area contributed by atoms with E-state index in [4.69, 9.17) is 0 Å². The SMILES string of the molecule is CCCCCCCC/C=C\CCCCCCCC(=O)[O-].CCCCCCCC/C=C\CCCCCCCC(=O)[O-].CCCCCCCC/C=C\CCCCCCCC(=O)[O-].[V]. The molecule has 0 saturated heterocycles. The number of carbonyl (C=O) groups excluding carboxylic acids is 3. The summed E-state index contributed by atoms with van der Waals surface area (Å²) in [6.07, 6.45) is 62.7. The molecule has 0 amide bonds. The molecule has 0 heterocycles. The summed E-state index contributed by atoms with van der Waals surface area (Å²) in [5, 5.41) is 30.6. The van der Waals surface area contributed by atoms with Crippen molar-refractivity contribution in [1.82, 2.24) is 0 Å². The van der Waals surface area contributed by atoms with Crippen molar-refractivity contribution in [2.75, 3.05) is 0 Å². The number of unbranched alkanes of at least 4 members (excludes halogenated alkanes) is 33. The first kappa shape index (κ1) is 65.8. The fraction of sp³-hybridized carbons (Fsp3) is 0.833. The third-order valence-corrected chi connectivity index (χ3v) is 10.9. The van der Waals surface area contributed by atoms with Gasteiger partial charge >= 0.3 is 0 Å². The van der Waals surface area contributed by atoms with E-state index in [2.05, 4.69) is 57.2 Å². The van der Waals surface area contributed by atoms with Crippen molar-refractivity contribution in [1.29, 1.82) is 0 Å². The molecule has 61 heavy (non-hydrogen) atoms. The smallest absolute Gasteiger partial charge is 0.0414 e. The Hall–Kier alpha value is -1.79. The molecule has 0 aliphatic carbocycles. The predicted molar refractivity (Wildman–Crippen MR) is 253 cm³/mol. The molecular weight excluding hydrogens is 796 g/mol. The number of carboxylic acid groups (broad SMARTS) is 3. The summed E-state index contributed by atoms with van der Waals surface area (Å²) in [4.78, 5) is 30.6. The maximum absolute atomic E-state index is 10.2. The van der Waals surface area contributed by atoms with Crippen molar-refractivity contribution >= 4 is 17.9 Å². The third-order valence-electron chi connectivity index (χ3n) is 10.9. The van der Waals surface area contributed by atoms with E-state index in [1.807, 2.05) is 0 Å². The zero-order valence-corrected chi connectivity index (χ0v) is 42.0. The molecule has 0 aliphatic rings. The first-order chi connectivity index (χ1) is 29.3. The van der Waals surface area contributed by atoms with E-state index in [0.29, 0.717) is 0 Å². The van der Waals surface area contributed by atoms with E-state index >= 15 is 0 Å². The molecule has 0 N–H and O–H groups in total. The van der Waals surface area contributed by atoms with Gasteiger partial charge in [-0.15, -0.1) is 0 Å². The first-order valence-corrected chi connectivity index (χ1v) is 25.9. The van der Waals surface area contributed by atoms with Crippen molar-refractivity contribution in [2.45, 2.75) is 290 Å². The second-order valence-corrected chi connectivity index (χ2v) is 17.1. The van der Waals surface area contributed by atoms with Crippen LogP contribution in [0.5, 0.6) is 0 Å². The Morgan fingerprint density at radius 2 is 0.410 bits per heavy atom. The van der Waals surface area contributed by atoms with Gasteiger partial charge in [-0.3, -0.25) is 0 Å². The minimum Gasteiger partial charge on any atom is -0.550 e. The summed E-state index contributed by atoms with van der Waals surface area (Å²) in [6, 6.07) is 0. The van der Waals surface area contributed by atoms with Crippen LogP contribution in [0.4, 0.5) is 0 Å². The summed E-state index contributed by atoms with van der Waals surface area (Å²) < 4.78 is 0. The fourth-order valence-corrected chi connectivity index (χ4v) is 7.02. The Morgan fingerprint density at radius 3 is 0.574 bits per heavy atom. The van der Waals surface area contributed by atoms with Crippen molar-refractivity contribution in [3.8, 4) is 0 Å². The van der Waals surface area contributed by atoms with E-state index < -0.39 is 17.9 Å². The third kappa shape index (κ3) is 76.0. The normalized spacial score (nSPS) is 11.1. The van der Waals surface area contributed by atoms with Crippen LogP contribution in [0.25, 0.3) is 0 Å². The van der Waals surface area contributed by atoms with Gasteiger partial charge < -0.3 is 29.7 Å². The van der Waals surface area contributed by atoms with Crippen LogP contribution in [-0.4, -0.2) is 17.9 Å². The van der Waals surface area contributed by atoms with Crippen LogP contribution >= 0.6 is 0 Å². The summed E-state index contributed by atoms with van der Waals surface area (Å²) in [5.41, 5.74) is 0. The van der Waals surface area contributed by atoms with Gasteiger partial charge in [0, 0.05) is 36.5 Å². The van der Waals surface area contributed by atoms with E-state index in [-0.39, 0.29) is 37.8 Å². The van der Waals surface area contributed by atoms with Gasteiger partial charge in [0.15, 0.2) is 0 Å². The van der Waals surface area contributed by atoms with Crippen LogP contribution in [0, 0.1) is 0 Å². The second-order valence-electron chi connectivity index (χ2n) is 17.1. The zero-order chi connectivity index (χ0) is 44.7. The quantitative estimate of drug-likeness (QED) is 0.0443. The van der Waals surface area contributed by atoms with Gasteiger partial charge in [0.1, 0.15) is 0 Å².